The molecule has 1 atom stereocenters. The molecule has 3 N–H and O–H groups in total. The van der Waals surface area contributed by atoms with Gasteiger partial charge in [-0.15, -0.1) is 0 Å². The van der Waals surface area contributed by atoms with Gasteiger partial charge >= 0.3 is 0 Å². The van der Waals surface area contributed by atoms with Gasteiger partial charge in [-0.05, 0) is 37.9 Å². The maximum absolute atomic E-state index is 10.8. The van der Waals surface area contributed by atoms with Crippen molar-refractivity contribution in [2.24, 2.45) is 5.73 Å². The van der Waals surface area contributed by atoms with Gasteiger partial charge < -0.3 is 11.1 Å². The van der Waals surface area contributed by atoms with Crippen LogP contribution in [-0.2, 0) is 0 Å². The molecular formula is C11H14N3O. The molecule has 1 radical (unpaired) electrons. The molecule has 15 heavy (non-hydrogen) atoms. The third-order valence-electron chi connectivity index (χ3n) is 2.57. The third kappa shape index (κ3) is 2.33. The highest BCUT2D eigenvalue weighted by Crippen LogP contribution is 2.20. The van der Waals surface area contributed by atoms with Crippen molar-refractivity contribution >= 4 is 5.91 Å². The molecule has 4 heteroatoms. The fourth-order valence-corrected chi connectivity index (χ4v) is 1.71. The number of aromatic nitrogens is 1. The molecule has 2 rings (SSSR count). The highest BCUT2D eigenvalue weighted by molar-refractivity contribution is 5.92. The Morgan fingerprint density at radius 2 is 2.40 bits per heavy atom. The standard InChI is InChI=1S/C11H14N3O/c12-11(15)8-4-5-10(14-7-8)9-3-1-2-6-13-9/h1,4-5,7,9,13H,2-3,6H2,(H2,12,15). The van der Waals surface area contributed by atoms with Crippen molar-refractivity contribution in [2.75, 3.05) is 6.54 Å². The maximum atomic E-state index is 10.8. The van der Waals surface area contributed by atoms with Crippen molar-refractivity contribution in [1.29, 1.82) is 0 Å². The summed E-state index contributed by atoms with van der Waals surface area (Å²) in [5.74, 6) is -0.433. The van der Waals surface area contributed by atoms with Crippen molar-refractivity contribution < 1.29 is 4.79 Å². The minimum absolute atomic E-state index is 0.278. The first-order valence-corrected chi connectivity index (χ1v) is 5.08. The second-order valence-corrected chi connectivity index (χ2v) is 3.66. The van der Waals surface area contributed by atoms with E-state index < -0.39 is 5.91 Å². The molecule has 1 aliphatic rings. The first-order valence-electron chi connectivity index (χ1n) is 5.08. The van der Waals surface area contributed by atoms with Crippen LogP contribution in [0.5, 0.6) is 0 Å². The molecule has 1 fully saturated rings. The van der Waals surface area contributed by atoms with E-state index in [1.165, 1.54) is 6.20 Å². The minimum atomic E-state index is -0.433. The highest BCUT2D eigenvalue weighted by atomic mass is 16.1. The molecule has 0 saturated carbocycles. The molecule has 1 aromatic heterocycles. The van der Waals surface area contributed by atoms with Gasteiger partial charge in [0.25, 0.3) is 0 Å². The summed E-state index contributed by atoms with van der Waals surface area (Å²) in [4.78, 5) is 15.1. The van der Waals surface area contributed by atoms with Crippen LogP contribution in [-0.4, -0.2) is 17.4 Å². The third-order valence-corrected chi connectivity index (χ3v) is 2.57. The summed E-state index contributed by atoms with van der Waals surface area (Å²) in [7, 11) is 0. The van der Waals surface area contributed by atoms with Crippen LogP contribution in [0.15, 0.2) is 18.3 Å². The molecule has 1 saturated heterocycles. The fraction of sp³-hybridized carbons (Fsp3) is 0.364. The molecule has 1 aromatic rings. The summed E-state index contributed by atoms with van der Waals surface area (Å²) in [6.45, 7) is 0.990. The zero-order valence-corrected chi connectivity index (χ0v) is 8.44. The van der Waals surface area contributed by atoms with Crippen LogP contribution in [0.4, 0.5) is 0 Å². The van der Waals surface area contributed by atoms with Crippen LogP contribution in [0.2, 0.25) is 0 Å². The van der Waals surface area contributed by atoms with Crippen molar-refractivity contribution in [3.8, 4) is 0 Å². The fourth-order valence-electron chi connectivity index (χ4n) is 1.71. The molecular weight excluding hydrogens is 190 g/mol. The topological polar surface area (TPSA) is 68.0 Å². The molecule has 1 aliphatic heterocycles. The average Bonchev–Trinajstić information content (AvgIpc) is 2.30. The molecule has 1 amide bonds. The maximum Gasteiger partial charge on any atom is 0.250 e. The van der Waals surface area contributed by atoms with Gasteiger partial charge in [-0.2, -0.15) is 0 Å². The number of pyridine rings is 1. The lowest BCUT2D eigenvalue weighted by Gasteiger charge is -2.22. The van der Waals surface area contributed by atoms with Gasteiger partial charge in [0.2, 0.25) is 5.91 Å². The van der Waals surface area contributed by atoms with E-state index >= 15 is 0 Å². The highest BCUT2D eigenvalue weighted by Gasteiger charge is 2.15. The van der Waals surface area contributed by atoms with E-state index in [9.17, 15) is 4.79 Å². The molecule has 4 nitrogen and oxygen atoms in total. The Morgan fingerprint density at radius 3 is 2.93 bits per heavy atom. The molecule has 2 heterocycles. The first-order chi connectivity index (χ1) is 7.27. The Morgan fingerprint density at radius 1 is 1.53 bits per heavy atom. The van der Waals surface area contributed by atoms with Crippen molar-refractivity contribution in [2.45, 2.75) is 18.9 Å². The monoisotopic (exact) mass is 204 g/mol. The number of nitrogens with zero attached hydrogens (tertiary/aromatic N) is 1. The van der Waals surface area contributed by atoms with E-state index in [2.05, 4.69) is 16.7 Å². The molecule has 0 aromatic carbocycles. The Kier molecular flexibility index (Phi) is 2.97. The van der Waals surface area contributed by atoms with Gasteiger partial charge in [0.1, 0.15) is 0 Å². The molecule has 1 unspecified atom stereocenters. The van der Waals surface area contributed by atoms with Crippen LogP contribution in [0, 0.1) is 6.42 Å². The molecule has 0 aliphatic carbocycles. The summed E-state index contributed by atoms with van der Waals surface area (Å²) in [6, 6.07) is 3.86. The summed E-state index contributed by atoms with van der Waals surface area (Å²) < 4.78 is 0. The van der Waals surface area contributed by atoms with Crippen molar-refractivity contribution in [1.82, 2.24) is 10.3 Å². The van der Waals surface area contributed by atoms with Crippen LogP contribution in [0.1, 0.15) is 34.9 Å². The van der Waals surface area contributed by atoms with Gasteiger partial charge in [-0.25, -0.2) is 0 Å². The number of rotatable bonds is 2. The molecule has 79 valence electrons. The van der Waals surface area contributed by atoms with Gasteiger partial charge in [-0.3, -0.25) is 9.78 Å². The minimum Gasteiger partial charge on any atom is -0.366 e. The smallest absolute Gasteiger partial charge is 0.250 e. The lowest BCUT2D eigenvalue weighted by atomic mass is 10.0. The van der Waals surface area contributed by atoms with Crippen LogP contribution in [0.3, 0.4) is 0 Å². The number of primary amides is 1. The predicted molar refractivity (Wildman–Crippen MR) is 57.0 cm³/mol. The number of carbonyl (C=O) groups excluding carboxylic acids is 1. The van der Waals surface area contributed by atoms with Crippen molar-refractivity contribution in [3.63, 3.8) is 0 Å². The number of nitrogens with two attached hydrogens (primary N) is 1. The zero-order chi connectivity index (χ0) is 10.7. The van der Waals surface area contributed by atoms with Gasteiger partial charge in [0.15, 0.2) is 0 Å². The number of carbonyl (C=O) groups is 1. The second kappa shape index (κ2) is 4.40. The van der Waals surface area contributed by atoms with Gasteiger partial charge in [0, 0.05) is 12.2 Å². The lowest BCUT2D eigenvalue weighted by molar-refractivity contribution is 0.1000. The Hall–Kier alpha value is -1.42. The summed E-state index contributed by atoms with van der Waals surface area (Å²) in [5, 5.41) is 3.37. The van der Waals surface area contributed by atoms with E-state index in [1.807, 2.05) is 6.07 Å². The number of nitrogens with one attached hydrogen (secondary N) is 1. The Bertz CT molecular complexity index is 341. The predicted octanol–water partition coefficient (Wildman–Crippen LogP) is 0.809. The Balaban J connectivity index is 2.11. The molecule has 0 spiro atoms. The van der Waals surface area contributed by atoms with Crippen LogP contribution < -0.4 is 11.1 Å². The zero-order valence-electron chi connectivity index (χ0n) is 8.44. The second-order valence-electron chi connectivity index (χ2n) is 3.66. The number of hydrogen-bond donors (Lipinski definition) is 2. The lowest BCUT2D eigenvalue weighted by Crippen LogP contribution is -2.27. The quantitative estimate of drug-likeness (QED) is 0.749. The summed E-state index contributed by atoms with van der Waals surface area (Å²) >= 11 is 0. The summed E-state index contributed by atoms with van der Waals surface area (Å²) in [6.07, 6.45) is 5.89. The van der Waals surface area contributed by atoms with E-state index in [4.69, 9.17) is 5.73 Å². The van der Waals surface area contributed by atoms with E-state index in [0.29, 0.717) is 5.56 Å². The first kappa shape index (κ1) is 10.1. The van der Waals surface area contributed by atoms with E-state index in [1.54, 1.807) is 6.07 Å². The Labute approximate surface area is 88.9 Å². The number of amides is 1. The van der Waals surface area contributed by atoms with Crippen LogP contribution in [0.25, 0.3) is 0 Å². The van der Waals surface area contributed by atoms with Gasteiger partial charge in [0.05, 0.1) is 11.3 Å². The van der Waals surface area contributed by atoms with Crippen LogP contribution >= 0.6 is 0 Å². The number of hydrogen-bond acceptors (Lipinski definition) is 3. The van der Waals surface area contributed by atoms with E-state index in [-0.39, 0.29) is 6.04 Å². The van der Waals surface area contributed by atoms with Gasteiger partial charge in [-0.1, -0.05) is 0 Å². The van der Waals surface area contributed by atoms with E-state index in [0.717, 1.165) is 25.1 Å². The van der Waals surface area contributed by atoms with Crippen molar-refractivity contribution in [3.05, 3.63) is 36.0 Å². The SMILES string of the molecule is NC(=O)c1ccc(C2C[CH]CCN2)nc1. The summed E-state index contributed by atoms with van der Waals surface area (Å²) in [5.41, 5.74) is 6.57. The molecule has 0 bridgehead atoms. The average molecular weight is 204 g/mol. The largest absolute Gasteiger partial charge is 0.366 e. The number of piperidine rings is 1. The normalized spacial score (nSPS) is 21.2.